The van der Waals surface area contributed by atoms with Gasteiger partial charge >= 0.3 is 6.01 Å². The Morgan fingerprint density at radius 1 is 1.13 bits per heavy atom. The predicted molar refractivity (Wildman–Crippen MR) is 165 cm³/mol. The summed E-state index contributed by atoms with van der Waals surface area (Å²) in [6, 6.07) is 9.37. The number of nitriles is 1. The first-order chi connectivity index (χ1) is 21.7. The summed E-state index contributed by atoms with van der Waals surface area (Å²) in [6.07, 6.45) is 3.22. The van der Waals surface area contributed by atoms with E-state index in [1.165, 1.54) is 17.2 Å². The number of piperazine rings is 1. The third kappa shape index (κ3) is 5.74. The maximum Gasteiger partial charge on any atom is 0.319 e. The predicted octanol–water partition coefficient (Wildman–Crippen LogP) is 5.66. The number of hydrogen-bond acceptors (Lipinski definition) is 8. The zero-order valence-corrected chi connectivity index (χ0v) is 25.2. The topological polar surface area (TPSA) is 98.5 Å². The van der Waals surface area contributed by atoms with Crippen LogP contribution in [0.4, 0.5) is 19.0 Å². The van der Waals surface area contributed by atoms with Gasteiger partial charge in [-0.2, -0.15) is 15.2 Å². The number of nitrogens with zero attached hydrogens (tertiary/aromatic N) is 7. The lowest BCUT2D eigenvalue weighted by molar-refractivity contribution is -0.131. The summed E-state index contributed by atoms with van der Waals surface area (Å²) >= 11 is 6.36. The van der Waals surface area contributed by atoms with Crippen molar-refractivity contribution in [3.63, 3.8) is 0 Å². The van der Waals surface area contributed by atoms with Crippen LogP contribution in [-0.4, -0.2) is 82.6 Å². The van der Waals surface area contributed by atoms with E-state index in [9.17, 15) is 18.8 Å². The summed E-state index contributed by atoms with van der Waals surface area (Å²) in [6.45, 7) is 4.70. The minimum Gasteiger partial charge on any atom is -0.462 e. The maximum absolute atomic E-state index is 16.6. The summed E-state index contributed by atoms with van der Waals surface area (Å²) in [5.74, 6) is -3.11. The molecule has 1 unspecified atom stereocenters. The molecule has 0 spiro atoms. The van der Waals surface area contributed by atoms with Crippen molar-refractivity contribution in [1.82, 2.24) is 24.8 Å². The number of ether oxygens (including phenoxy) is 1. The van der Waals surface area contributed by atoms with Gasteiger partial charge in [0.25, 0.3) is 5.91 Å². The number of hydrogen-bond donors (Lipinski definition) is 0. The second kappa shape index (κ2) is 12.5. The smallest absolute Gasteiger partial charge is 0.319 e. The van der Waals surface area contributed by atoms with Crippen molar-refractivity contribution in [2.45, 2.75) is 31.3 Å². The van der Waals surface area contributed by atoms with E-state index >= 15 is 4.39 Å². The fourth-order valence-corrected chi connectivity index (χ4v) is 6.40. The van der Waals surface area contributed by atoms with Gasteiger partial charge in [0.1, 0.15) is 23.5 Å². The third-order valence-electron chi connectivity index (χ3n) is 8.52. The van der Waals surface area contributed by atoms with Crippen LogP contribution in [0.1, 0.15) is 19.3 Å². The minimum atomic E-state index is -1.11. The molecular formula is C32H29ClF3N7O2. The number of amides is 1. The van der Waals surface area contributed by atoms with E-state index in [1.807, 2.05) is 13.1 Å². The zero-order chi connectivity index (χ0) is 31.8. The van der Waals surface area contributed by atoms with Crippen LogP contribution in [-0.2, 0) is 4.79 Å². The number of aromatic nitrogens is 3. The van der Waals surface area contributed by atoms with Gasteiger partial charge in [0, 0.05) is 42.8 Å². The number of rotatable bonds is 7. The van der Waals surface area contributed by atoms with Crippen LogP contribution in [0.2, 0.25) is 5.02 Å². The molecule has 9 nitrogen and oxygen atoms in total. The van der Waals surface area contributed by atoms with Crippen molar-refractivity contribution in [2.24, 2.45) is 0 Å². The second-order valence-corrected chi connectivity index (χ2v) is 11.6. The number of carbonyl (C=O) groups is 1. The second-order valence-electron chi connectivity index (χ2n) is 11.2. The van der Waals surface area contributed by atoms with Crippen molar-refractivity contribution < 1.29 is 22.7 Å². The number of halogens is 4. The SMILES string of the molecule is C=C(F)C(=O)N1CCN(c2nc(OCC3CCCN3C)nc3c(F)c(-c4cccc5ccc(F)c(Cl)c45)cnc23)C[C@@H]1CC#N. The van der Waals surface area contributed by atoms with E-state index in [1.54, 1.807) is 29.2 Å². The first kappa shape index (κ1) is 30.6. The van der Waals surface area contributed by atoms with Gasteiger partial charge in [-0.25, -0.2) is 18.2 Å². The van der Waals surface area contributed by atoms with Crippen LogP contribution in [0.15, 0.2) is 48.9 Å². The minimum absolute atomic E-state index is 0.0611. The van der Waals surface area contributed by atoms with Crippen LogP contribution in [0.25, 0.3) is 32.9 Å². The monoisotopic (exact) mass is 635 g/mol. The van der Waals surface area contributed by atoms with Crippen molar-refractivity contribution in [3.05, 3.63) is 65.6 Å². The number of likely N-dealkylation sites (N-methyl/N-ethyl adjacent to an activating group) is 1. The molecule has 45 heavy (non-hydrogen) atoms. The number of likely N-dealkylation sites (tertiary alicyclic amines) is 1. The Balaban J connectivity index is 1.46. The fraction of sp³-hybridized carbons (Fsp3) is 0.344. The Hall–Kier alpha value is -4.47. The van der Waals surface area contributed by atoms with Gasteiger partial charge in [0.05, 0.1) is 23.6 Å². The van der Waals surface area contributed by atoms with Crippen LogP contribution in [0.5, 0.6) is 6.01 Å². The zero-order valence-electron chi connectivity index (χ0n) is 24.4. The van der Waals surface area contributed by atoms with Crippen molar-refractivity contribution in [2.75, 3.05) is 44.7 Å². The molecule has 1 amide bonds. The Morgan fingerprint density at radius 3 is 2.69 bits per heavy atom. The molecule has 6 rings (SSSR count). The quantitative estimate of drug-likeness (QED) is 0.240. The molecule has 2 fully saturated rings. The number of anilines is 1. The maximum atomic E-state index is 16.6. The highest BCUT2D eigenvalue weighted by atomic mass is 35.5. The van der Waals surface area contributed by atoms with Crippen LogP contribution in [0.3, 0.4) is 0 Å². The Morgan fingerprint density at radius 2 is 1.96 bits per heavy atom. The number of pyridine rings is 1. The molecule has 2 aliphatic heterocycles. The highest BCUT2D eigenvalue weighted by molar-refractivity contribution is 6.36. The van der Waals surface area contributed by atoms with E-state index in [0.717, 1.165) is 19.4 Å². The van der Waals surface area contributed by atoms with Crippen LogP contribution >= 0.6 is 11.6 Å². The Kier molecular flexibility index (Phi) is 8.48. The number of fused-ring (bicyclic) bond motifs is 2. The molecule has 2 saturated heterocycles. The van der Waals surface area contributed by atoms with E-state index in [-0.39, 0.29) is 72.2 Å². The molecular weight excluding hydrogens is 607 g/mol. The molecule has 4 heterocycles. The first-order valence-electron chi connectivity index (χ1n) is 14.5. The molecule has 0 N–H and O–H groups in total. The first-order valence-corrected chi connectivity index (χ1v) is 14.9. The molecule has 2 aliphatic rings. The molecule has 2 atom stereocenters. The fourth-order valence-electron chi connectivity index (χ4n) is 6.13. The van der Waals surface area contributed by atoms with Gasteiger partial charge in [-0.15, -0.1) is 0 Å². The molecule has 0 bridgehead atoms. The van der Waals surface area contributed by atoms with Crippen molar-refractivity contribution >= 4 is 45.1 Å². The lowest BCUT2D eigenvalue weighted by Crippen LogP contribution is -2.55. The number of benzene rings is 2. The van der Waals surface area contributed by atoms with Crippen molar-refractivity contribution in [3.8, 4) is 23.2 Å². The molecule has 232 valence electrons. The van der Waals surface area contributed by atoms with Gasteiger partial charge in [0.2, 0.25) is 0 Å². The van der Waals surface area contributed by atoms with Gasteiger partial charge in [-0.1, -0.05) is 42.4 Å². The van der Waals surface area contributed by atoms with Gasteiger partial charge in [-0.3, -0.25) is 4.79 Å². The van der Waals surface area contributed by atoms with Gasteiger partial charge < -0.3 is 19.4 Å². The molecule has 0 aliphatic carbocycles. The molecule has 2 aromatic carbocycles. The molecule has 0 saturated carbocycles. The molecule has 0 radical (unpaired) electrons. The Labute approximate surface area is 262 Å². The van der Waals surface area contributed by atoms with Crippen LogP contribution < -0.4 is 9.64 Å². The lowest BCUT2D eigenvalue weighted by atomic mass is 9.98. The Bertz CT molecular complexity index is 1870. The highest BCUT2D eigenvalue weighted by Crippen LogP contribution is 2.39. The van der Waals surface area contributed by atoms with Gasteiger partial charge in [-0.05, 0) is 43.5 Å². The molecule has 2 aromatic heterocycles. The molecule has 13 heteroatoms. The number of carbonyl (C=O) groups excluding carboxylic acids is 1. The summed E-state index contributed by atoms with van der Waals surface area (Å²) in [7, 11) is 2.00. The largest absolute Gasteiger partial charge is 0.462 e. The lowest BCUT2D eigenvalue weighted by Gasteiger charge is -2.41. The van der Waals surface area contributed by atoms with E-state index in [0.29, 0.717) is 16.3 Å². The van der Waals surface area contributed by atoms with E-state index in [4.69, 9.17) is 16.3 Å². The summed E-state index contributed by atoms with van der Waals surface area (Å²) in [5, 5.41) is 10.3. The summed E-state index contributed by atoms with van der Waals surface area (Å²) in [4.78, 5) is 31.3. The standard InChI is InChI=1S/C32H29ClF3N7O2/c1-18(34)31(44)43-14-13-42(16-20(43)10-11-37)30-29-28(39-32(40-30)45-17-21-6-4-12-41(21)2)27(36)23(15-38-29)22-7-3-5-19-8-9-24(35)26(33)25(19)22/h3,5,7-9,15,20-21H,1,4,6,10,12-14,16-17H2,2H3/t20-,21?/m0/s1. The average molecular weight is 636 g/mol. The highest BCUT2D eigenvalue weighted by Gasteiger charge is 2.34. The summed E-state index contributed by atoms with van der Waals surface area (Å²) in [5.41, 5.74) is 0.409. The van der Waals surface area contributed by atoms with E-state index in [2.05, 4.69) is 26.4 Å². The summed E-state index contributed by atoms with van der Waals surface area (Å²) < 4.78 is 50.9. The van der Waals surface area contributed by atoms with Crippen LogP contribution in [0, 0.1) is 23.0 Å². The van der Waals surface area contributed by atoms with Crippen molar-refractivity contribution in [1.29, 1.82) is 5.26 Å². The third-order valence-corrected chi connectivity index (χ3v) is 8.89. The molecule has 4 aromatic rings. The average Bonchev–Trinajstić information content (AvgIpc) is 3.45. The van der Waals surface area contributed by atoms with Gasteiger partial charge in [0.15, 0.2) is 17.5 Å². The van der Waals surface area contributed by atoms with E-state index < -0.39 is 29.4 Å². The normalized spacial score (nSPS) is 18.8.